The highest BCUT2D eigenvalue weighted by molar-refractivity contribution is 5.63. The van der Waals surface area contributed by atoms with Crippen molar-refractivity contribution >= 4 is 0 Å². The Labute approximate surface area is 187 Å². The summed E-state index contributed by atoms with van der Waals surface area (Å²) in [6.07, 6.45) is 21.9. The van der Waals surface area contributed by atoms with Crippen LogP contribution in [-0.4, -0.2) is 0 Å². The Bertz CT molecular complexity index is 635. The second kappa shape index (κ2) is 16.2. The summed E-state index contributed by atoms with van der Waals surface area (Å²) in [6.45, 7) is 4.57. The van der Waals surface area contributed by atoms with Crippen molar-refractivity contribution in [2.45, 2.75) is 117 Å². The van der Waals surface area contributed by atoms with Crippen LogP contribution in [0.1, 0.15) is 115 Å². The molecule has 0 saturated carbocycles. The third-order valence-corrected chi connectivity index (χ3v) is 6.38. The predicted octanol–water partition coefficient (Wildman–Crippen LogP) is 9.94. The molecule has 30 heavy (non-hydrogen) atoms. The van der Waals surface area contributed by atoms with Gasteiger partial charge in [-0.2, -0.15) is 0 Å². The average Bonchev–Trinajstić information content (AvgIpc) is 2.79. The van der Waals surface area contributed by atoms with Crippen LogP contribution in [0.15, 0.2) is 48.5 Å². The van der Waals surface area contributed by atoms with E-state index in [4.69, 9.17) is 0 Å². The van der Waals surface area contributed by atoms with Gasteiger partial charge >= 0.3 is 0 Å². The predicted molar refractivity (Wildman–Crippen MR) is 135 cm³/mol. The van der Waals surface area contributed by atoms with Gasteiger partial charge in [0.25, 0.3) is 0 Å². The van der Waals surface area contributed by atoms with E-state index in [0.29, 0.717) is 0 Å². The smallest absolute Gasteiger partial charge is 0.0184 e. The maximum Gasteiger partial charge on any atom is -0.0184 e. The summed E-state index contributed by atoms with van der Waals surface area (Å²) in [5, 5.41) is 0. The first-order chi connectivity index (χ1) is 14.8. The van der Waals surface area contributed by atoms with E-state index in [1.54, 1.807) is 0 Å². The molecule has 0 atom stereocenters. The maximum atomic E-state index is 2.33. The van der Waals surface area contributed by atoms with Crippen LogP contribution < -0.4 is 0 Å². The lowest BCUT2D eigenvalue weighted by molar-refractivity contribution is 0.575. The molecule has 0 radical (unpaired) electrons. The molecule has 0 bridgehead atoms. The Hall–Kier alpha value is -1.56. The van der Waals surface area contributed by atoms with Crippen LogP contribution in [0.2, 0.25) is 0 Å². The third-order valence-electron chi connectivity index (χ3n) is 6.38. The molecule has 0 saturated heterocycles. The second-order valence-corrected chi connectivity index (χ2v) is 9.14. The molecule has 0 fully saturated rings. The van der Waals surface area contributed by atoms with Crippen LogP contribution in [0.4, 0.5) is 0 Å². The molecule has 166 valence electrons. The van der Waals surface area contributed by atoms with E-state index in [1.165, 1.54) is 125 Å². The van der Waals surface area contributed by atoms with Crippen molar-refractivity contribution < 1.29 is 0 Å². The summed E-state index contributed by atoms with van der Waals surface area (Å²) in [6, 6.07) is 18.6. The van der Waals surface area contributed by atoms with Gasteiger partial charge in [0.1, 0.15) is 0 Å². The van der Waals surface area contributed by atoms with Gasteiger partial charge < -0.3 is 0 Å². The van der Waals surface area contributed by atoms with E-state index in [1.807, 2.05) is 0 Å². The average molecular weight is 407 g/mol. The number of unbranched alkanes of at least 4 members (excludes halogenated alkanes) is 12. The molecule has 0 aliphatic rings. The van der Waals surface area contributed by atoms with E-state index in [9.17, 15) is 0 Å². The molecular weight excluding hydrogens is 360 g/mol. The van der Waals surface area contributed by atoms with E-state index in [2.05, 4.69) is 62.4 Å². The summed E-state index contributed by atoms with van der Waals surface area (Å²) in [4.78, 5) is 0. The van der Waals surface area contributed by atoms with E-state index >= 15 is 0 Å². The summed E-state index contributed by atoms with van der Waals surface area (Å²) in [5.41, 5.74) is 5.67. The number of rotatable bonds is 17. The summed E-state index contributed by atoms with van der Waals surface area (Å²) < 4.78 is 0. The first-order valence-corrected chi connectivity index (χ1v) is 13.0. The van der Waals surface area contributed by atoms with Gasteiger partial charge in [-0.15, -0.1) is 0 Å². The zero-order chi connectivity index (χ0) is 21.3. The molecule has 2 aromatic rings. The monoisotopic (exact) mass is 406 g/mol. The number of hydrogen-bond acceptors (Lipinski definition) is 0. The third kappa shape index (κ3) is 10.5. The largest absolute Gasteiger partial charge is 0.0654 e. The van der Waals surface area contributed by atoms with Crippen molar-refractivity contribution in [2.24, 2.45) is 0 Å². The van der Waals surface area contributed by atoms with Crippen molar-refractivity contribution in [1.82, 2.24) is 0 Å². The molecule has 0 heterocycles. The Kier molecular flexibility index (Phi) is 13.3. The molecule has 0 aromatic heterocycles. The molecule has 0 unspecified atom stereocenters. The van der Waals surface area contributed by atoms with Crippen LogP contribution in [0.3, 0.4) is 0 Å². The minimum Gasteiger partial charge on any atom is -0.0654 e. The van der Waals surface area contributed by atoms with Crippen LogP contribution in [-0.2, 0) is 12.8 Å². The van der Waals surface area contributed by atoms with Crippen LogP contribution in [0.5, 0.6) is 0 Å². The van der Waals surface area contributed by atoms with Gasteiger partial charge in [-0.1, -0.05) is 139 Å². The number of aryl methyl sites for hydroxylation is 2. The molecule has 0 amide bonds. The minimum atomic E-state index is 1.23. The van der Waals surface area contributed by atoms with Crippen molar-refractivity contribution in [2.75, 3.05) is 0 Å². The molecule has 0 aliphatic heterocycles. The normalized spacial score (nSPS) is 11.1. The highest BCUT2D eigenvalue weighted by Crippen LogP contribution is 2.22. The van der Waals surface area contributed by atoms with E-state index < -0.39 is 0 Å². The lowest BCUT2D eigenvalue weighted by atomic mass is 9.98. The minimum absolute atomic E-state index is 1.23. The SMILES string of the molecule is CCCCCCCCCCc1ccc(-c2ccc(CCCCCCCC)cc2)cc1. The van der Waals surface area contributed by atoms with Gasteiger partial charge in [-0.05, 0) is 47.9 Å². The Morgan fingerprint density at radius 1 is 0.367 bits per heavy atom. The molecule has 0 heteroatoms. The van der Waals surface area contributed by atoms with Gasteiger partial charge in [0.2, 0.25) is 0 Å². The lowest BCUT2D eigenvalue weighted by Crippen LogP contribution is -1.88. The fourth-order valence-corrected chi connectivity index (χ4v) is 4.30. The van der Waals surface area contributed by atoms with Gasteiger partial charge in [0.05, 0.1) is 0 Å². The highest BCUT2D eigenvalue weighted by atomic mass is 14.1. The van der Waals surface area contributed by atoms with Gasteiger partial charge in [-0.25, -0.2) is 0 Å². The Morgan fingerprint density at radius 3 is 1.00 bits per heavy atom. The lowest BCUT2D eigenvalue weighted by Gasteiger charge is -2.07. The molecule has 0 N–H and O–H groups in total. The van der Waals surface area contributed by atoms with E-state index in [0.717, 1.165) is 0 Å². The first-order valence-electron chi connectivity index (χ1n) is 13.0. The maximum absolute atomic E-state index is 2.33. The van der Waals surface area contributed by atoms with Gasteiger partial charge in [0, 0.05) is 0 Å². The summed E-state index contributed by atoms with van der Waals surface area (Å²) in [7, 11) is 0. The topological polar surface area (TPSA) is 0 Å². The molecule has 2 rings (SSSR count). The standard InChI is InChI=1S/C30H46/c1-3-5-7-9-11-12-14-16-18-28-21-25-30(26-22-28)29-23-19-27(20-24-29)17-15-13-10-8-6-4-2/h19-26H,3-18H2,1-2H3. The zero-order valence-electron chi connectivity index (χ0n) is 19.9. The Balaban J connectivity index is 1.65. The molecular formula is C30H46. The highest BCUT2D eigenvalue weighted by Gasteiger charge is 2.01. The molecule has 0 aliphatic carbocycles. The second-order valence-electron chi connectivity index (χ2n) is 9.14. The van der Waals surface area contributed by atoms with Crippen LogP contribution in [0.25, 0.3) is 11.1 Å². The quantitative estimate of drug-likeness (QED) is 0.229. The van der Waals surface area contributed by atoms with Crippen LogP contribution >= 0.6 is 0 Å². The fraction of sp³-hybridized carbons (Fsp3) is 0.600. The summed E-state index contributed by atoms with van der Waals surface area (Å²) in [5.74, 6) is 0. The van der Waals surface area contributed by atoms with Gasteiger partial charge in [0.15, 0.2) is 0 Å². The zero-order valence-corrected chi connectivity index (χ0v) is 19.9. The van der Waals surface area contributed by atoms with Crippen molar-refractivity contribution in [3.8, 4) is 11.1 Å². The van der Waals surface area contributed by atoms with Gasteiger partial charge in [-0.3, -0.25) is 0 Å². The molecule has 2 aromatic carbocycles. The first kappa shape index (κ1) is 24.7. The summed E-state index contributed by atoms with van der Waals surface area (Å²) >= 11 is 0. The molecule has 0 nitrogen and oxygen atoms in total. The van der Waals surface area contributed by atoms with Crippen molar-refractivity contribution in [3.63, 3.8) is 0 Å². The number of benzene rings is 2. The number of hydrogen-bond donors (Lipinski definition) is 0. The Morgan fingerprint density at radius 2 is 0.667 bits per heavy atom. The van der Waals surface area contributed by atoms with Crippen molar-refractivity contribution in [3.05, 3.63) is 59.7 Å². The molecule has 0 spiro atoms. The van der Waals surface area contributed by atoms with Crippen molar-refractivity contribution in [1.29, 1.82) is 0 Å². The fourth-order valence-electron chi connectivity index (χ4n) is 4.30. The van der Waals surface area contributed by atoms with E-state index in [-0.39, 0.29) is 0 Å². The van der Waals surface area contributed by atoms with Crippen LogP contribution in [0, 0.1) is 0 Å².